The summed E-state index contributed by atoms with van der Waals surface area (Å²) in [5.41, 5.74) is 2.99. The van der Waals surface area contributed by atoms with E-state index in [-0.39, 0.29) is 5.91 Å². The molecule has 1 amide bonds. The second kappa shape index (κ2) is 13.2. The summed E-state index contributed by atoms with van der Waals surface area (Å²) in [6, 6.07) is 13.7. The van der Waals surface area contributed by atoms with E-state index in [1.54, 1.807) is 14.2 Å². The molecule has 0 saturated carbocycles. The summed E-state index contributed by atoms with van der Waals surface area (Å²) < 4.78 is 10.7. The first-order valence-corrected chi connectivity index (χ1v) is 10.7. The fraction of sp³-hybridized carbons (Fsp3) is 0.417. The molecule has 2 rings (SSSR count). The van der Waals surface area contributed by atoms with Crippen LogP contribution in [-0.2, 0) is 17.8 Å². The Morgan fingerprint density at radius 1 is 0.968 bits per heavy atom. The largest absolute Gasteiger partial charge is 0.493 e. The standard InChI is InChI=1S/C24H34N4O3/c1-5-8-23(29)28-20-10-7-9-19(15-20)17-27-24(25-6-2)26-14-13-18-11-12-21(30-3)22(16-18)31-4/h7,9-12,15-16H,5-6,8,13-14,17H2,1-4H3,(H,28,29)(H2,25,26,27). The third-order valence-electron chi connectivity index (χ3n) is 4.61. The number of ether oxygens (including phenoxy) is 2. The van der Waals surface area contributed by atoms with Gasteiger partial charge in [-0.1, -0.05) is 25.1 Å². The maximum absolute atomic E-state index is 11.8. The molecule has 2 aromatic rings. The van der Waals surface area contributed by atoms with Gasteiger partial charge in [0, 0.05) is 25.2 Å². The van der Waals surface area contributed by atoms with E-state index in [0.29, 0.717) is 13.0 Å². The SMILES string of the molecule is CCCC(=O)Nc1cccc(CN=C(NCC)NCCc2ccc(OC)c(OC)c2)c1. The number of benzene rings is 2. The van der Waals surface area contributed by atoms with E-state index in [2.05, 4.69) is 20.9 Å². The van der Waals surface area contributed by atoms with Crippen molar-refractivity contribution in [3.8, 4) is 11.5 Å². The van der Waals surface area contributed by atoms with Crippen LogP contribution in [0.5, 0.6) is 11.5 Å². The molecular weight excluding hydrogens is 392 g/mol. The predicted octanol–water partition coefficient (Wildman–Crippen LogP) is 3.74. The monoisotopic (exact) mass is 426 g/mol. The van der Waals surface area contributed by atoms with Gasteiger partial charge in [0.15, 0.2) is 17.5 Å². The lowest BCUT2D eigenvalue weighted by molar-refractivity contribution is -0.116. The Labute approximate surface area is 185 Å². The number of methoxy groups -OCH3 is 2. The number of anilines is 1. The minimum atomic E-state index is 0.0355. The van der Waals surface area contributed by atoms with Gasteiger partial charge in [-0.15, -0.1) is 0 Å². The number of nitrogens with one attached hydrogen (secondary N) is 3. The van der Waals surface area contributed by atoms with Gasteiger partial charge in [-0.25, -0.2) is 4.99 Å². The quantitative estimate of drug-likeness (QED) is 0.377. The van der Waals surface area contributed by atoms with Crippen LogP contribution in [0.4, 0.5) is 5.69 Å². The van der Waals surface area contributed by atoms with Crippen molar-refractivity contribution in [2.45, 2.75) is 39.7 Å². The van der Waals surface area contributed by atoms with Gasteiger partial charge >= 0.3 is 0 Å². The zero-order chi connectivity index (χ0) is 22.5. The zero-order valence-corrected chi connectivity index (χ0v) is 19.0. The normalized spacial score (nSPS) is 11.0. The van der Waals surface area contributed by atoms with Crippen molar-refractivity contribution in [1.29, 1.82) is 0 Å². The number of hydrogen-bond donors (Lipinski definition) is 3. The van der Waals surface area contributed by atoms with Gasteiger partial charge in [-0.2, -0.15) is 0 Å². The van der Waals surface area contributed by atoms with Crippen molar-refractivity contribution in [2.75, 3.05) is 32.6 Å². The molecule has 0 unspecified atom stereocenters. The fourth-order valence-corrected chi connectivity index (χ4v) is 3.07. The Kier molecular flexibility index (Phi) is 10.2. The first kappa shape index (κ1) is 24.1. The van der Waals surface area contributed by atoms with Crippen molar-refractivity contribution in [3.05, 3.63) is 53.6 Å². The number of aliphatic imine (C=N–C) groups is 1. The number of nitrogens with zero attached hydrogens (tertiary/aromatic N) is 1. The minimum absolute atomic E-state index is 0.0355. The van der Waals surface area contributed by atoms with Crippen LogP contribution in [0.3, 0.4) is 0 Å². The Morgan fingerprint density at radius 2 is 1.77 bits per heavy atom. The molecule has 31 heavy (non-hydrogen) atoms. The smallest absolute Gasteiger partial charge is 0.224 e. The topological polar surface area (TPSA) is 84.0 Å². The number of carbonyl (C=O) groups excluding carboxylic acids is 1. The van der Waals surface area contributed by atoms with Crippen LogP contribution in [-0.4, -0.2) is 39.2 Å². The molecule has 0 aromatic heterocycles. The molecule has 0 spiro atoms. The third-order valence-corrected chi connectivity index (χ3v) is 4.61. The average molecular weight is 427 g/mol. The first-order valence-electron chi connectivity index (χ1n) is 10.7. The van der Waals surface area contributed by atoms with Gasteiger partial charge < -0.3 is 25.4 Å². The van der Waals surface area contributed by atoms with Gasteiger partial charge in [0.1, 0.15) is 0 Å². The highest BCUT2D eigenvalue weighted by atomic mass is 16.5. The summed E-state index contributed by atoms with van der Waals surface area (Å²) >= 11 is 0. The zero-order valence-electron chi connectivity index (χ0n) is 19.0. The van der Waals surface area contributed by atoms with E-state index in [1.165, 1.54) is 0 Å². The maximum atomic E-state index is 11.8. The van der Waals surface area contributed by atoms with Crippen LogP contribution in [0.25, 0.3) is 0 Å². The number of amides is 1. The van der Waals surface area contributed by atoms with Gasteiger partial charge in [0.2, 0.25) is 5.91 Å². The Morgan fingerprint density at radius 3 is 2.48 bits per heavy atom. The van der Waals surface area contributed by atoms with Crippen LogP contribution in [0.15, 0.2) is 47.5 Å². The molecule has 168 valence electrons. The highest BCUT2D eigenvalue weighted by Gasteiger charge is 2.05. The molecule has 0 fully saturated rings. The van der Waals surface area contributed by atoms with Crippen LogP contribution < -0.4 is 25.4 Å². The molecule has 2 aromatic carbocycles. The molecule has 7 heteroatoms. The molecule has 0 atom stereocenters. The molecular formula is C24H34N4O3. The molecule has 0 aliphatic rings. The van der Waals surface area contributed by atoms with Gasteiger partial charge in [-0.05, 0) is 55.2 Å². The van der Waals surface area contributed by atoms with Crippen molar-refractivity contribution in [1.82, 2.24) is 10.6 Å². The molecule has 0 aliphatic carbocycles. The van der Waals surface area contributed by atoms with Crippen LogP contribution in [0.2, 0.25) is 0 Å². The first-order chi connectivity index (χ1) is 15.1. The van der Waals surface area contributed by atoms with Crippen LogP contribution in [0, 0.1) is 0 Å². The van der Waals surface area contributed by atoms with Crippen molar-refractivity contribution >= 4 is 17.6 Å². The number of hydrogen-bond acceptors (Lipinski definition) is 4. The van der Waals surface area contributed by atoms with Gasteiger partial charge in [0.25, 0.3) is 0 Å². The summed E-state index contributed by atoms with van der Waals surface area (Å²) in [4.78, 5) is 16.5. The third kappa shape index (κ3) is 8.20. The molecule has 0 radical (unpaired) electrons. The van der Waals surface area contributed by atoms with Crippen molar-refractivity contribution in [2.24, 2.45) is 4.99 Å². The molecule has 3 N–H and O–H groups in total. The molecule has 0 aliphatic heterocycles. The fourth-order valence-electron chi connectivity index (χ4n) is 3.07. The number of guanidine groups is 1. The Bertz CT molecular complexity index is 868. The van der Waals surface area contributed by atoms with E-state index in [4.69, 9.17) is 9.47 Å². The minimum Gasteiger partial charge on any atom is -0.493 e. The van der Waals surface area contributed by atoms with Crippen LogP contribution >= 0.6 is 0 Å². The average Bonchev–Trinajstić information content (AvgIpc) is 2.77. The molecule has 7 nitrogen and oxygen atoms in total. The summed E-state index contributed by atoms with van der Waals surface area (Å²) in [5.74, 6) is 2.24. The van der Waals surface area contributed by atoms with E-state index >= 15 is 0 Å². The van der Waals surface area contributed by atoms with E-state index in [1.807, 2.05) is 56.3 Å². The highest BCUT2D eigenvalue weighted by Crippen LogP contribution is 2.27. The van der Waals surface area contributed by atoms with E-state index in [0.717, 1.165) is 60.2 Å². The lowest BCUT2D eigenvalue weighted by Crippen LogP contribution is -2.38. The summed E-state index contributed by atoms with van der Waals surface area (Å²) in [6.45, 7) is 6.05. The second-order valence-corrected chi connectivity index (χ2v) is 7.06. The molecule has 0 saturated heterocycles. The predicted molar refractivity (Wildman–Crippen MR) is 126 cm³/mol. The number of rotatable bonds is 11. The van der Waals surface area contributed by atoms with E-state index < -0.39 is 0 Å². The Hall–Kier alpha value is -3.22. The summed E-state index contributed by atoms with van der Waals surface area (Å²) in [5, 5.41) is 9.56. The van der Waals surface area contributed by atoms with Gasteiger partial charge in [0.05, 0.1) is 20.8 Å². The number of carbonyl (C=O) groups is 1. The van der Waals surface area contributed by atoms with Crippen molar-refractivity contribution in [3.63, 3.8) is 0 Å². The lowest BCUT2D eigenvalue weighted by atomic mass is 10.1. The lowest BCUT2D eigenvalue weighted by Gasteiger charge is -2.13. The maximum Gasteiger partial charge on any atom is 0.224 e. The van der Waals surface area contributed by atoms with Crippen LogP contribution in [0.1, 0.15) is 37.8 Å². The summed E-state index contributed by atoms with van der Waals surface area (Å²) in [6.07, 6.45) is 2.18. The summed E-state index contributed by atoms with van der Waals surface area (Å²) in [7, 11) is 3.27. The van der Waals surface area contributed by atoms with Crippen molar-refractivity contribution < 1.29 is 14.3 Å². The molecule has 0 bridgehead atoms. The molecule has 0 heterocycles. The van der Waals surface area contributed by atoms with Gasteiger partial charge in [-0.3, -0.25) is 4.79 Å². The second-order valence-electron chi connectivity index (χ2n) is 7.06. The van der Waals surface area contributed by atoms with E-state index in [9.17, 15) is 4.79 Å². The highest BCUT2D eigenvalue weighted by molar-refractivity contribution is 5.90. The Balaban J connectivity index is 1.94.